The lowest BCUT2D eigenvalue weighted by Gasteiger charge is -2.24. The van der Waals surface area contributed by atoms with E-state index in [4.69, 9.17) is 4.74 Å². The molecular formula is C22H33N3O3. The first-order chi connectivity index (χ1) is 13.5. The number of unbranched alkanes of at least 4 members (excludes halogenated alkanes) is 7. The van der Waals surface area contributed by atoms with E-state index in [1.54, 1.807) is 6.92 Å². The lowest BCUT2D eigenvalue weighted by Crippen LogP contribution is -2.33. The maximum atomic E-state index is 12.8. The van der Waals surface area contributed by atoms with Crippen molar-refractivity contribution in [1.82, 2.24) is 9.97 Å². The summed E-state index contributed by atoms with van der Waals surface area (Å²) in [4.78, 5) is 33.0. The molecule has 1 aromatic rings. The van der Waals surface area contributed by atoms with Crippen molar-refractivity contribution in [1.29, 1.82) is 5.26 Å². The number of ether oxygens (including phenoxy) is 1. The SMILES string of the molecule is CCCCCCCCC(C#N)(CCCCC)C(=O)OC(=O)c1cnc(C)nc1. The van der Waals surface area contributed by atoms with Crippen LogP contribution in [0.3, 0.4) is 0 Å². The van der Waals surface area contributed by atoms with Crippen molar-refractivity contribution < 1.29 is 14.3 Å². The Morgan fingerprint density at radius 2 is 1.46 bits per heavy atom. The molecule has 0 saturated heterocycles. The first kappa shape index (κ1) is 23.7. The number of nitriles is 1. The highest BCUT2D eigenvalue weighted by Crippen LogP contribution is 2.33. The summed E-state index contributed by atoms with van der Waals surface area (Å²) in [5.41, 5.74) is -1.15. The molecule has 0 fully saturated rings. The fourth-order valence-electron chi connectivity index (χ4n) is 3.11. The number of rotatable bonds is 13. The van der Waals surface area contributed by atoms with E-state index in [0.29, 0.717) is 18.7 Å². The third-order valence-electron chi connectivity index (χ3n) is 4.97. The zero-order valence-corrected chi connectivity index (χ0v) is 17.5. The normalized spacial score (nSPS) is 12.8. The minimum absolute atomic E-state index is 0.110. The molecule has 1 unspecified atom stereocenters. The van der Waals surface area contributed by atoms with Crippen LogP contribution in [-0.2, 0) is 9.53 Å². The fourth-order valence-corrected chi connectivity index (χ4v) is 3.11. The molecule has 1 aromatic heterocycles. The van der Waals surface area contributed by atoms with Crippen molar-refractivity contribution in [3.05, 3.63) is 23.8 Å². The molecule has 0 aliphatic rings. The van der Waals surface area contributed by atoms with Gasteiger partial charge in [-0.3, -0.25) is 0 Å². The lowest BCUT2D eigenvalue weighted by molar-refractivity contribution is -0.147. The summed E-state index contributed by atoms with van der Waals surface area (Å²) >= 11 is 0. The van der Waals surface area contributed by atoms with Crippen molar-refractivity contribution in [3.63, 3.8) is 0 Å². The van der Waals surface area contributed by atoms with E-state index in [2.05, 4.69) is 29.9 Å². The molecule has 0 saturated carbocycles. The van der Waals surface area contributed by atoms with Crippen LogP contribution in [0.4, 0.5) is 0 Å². The van der Waals surface area contributed by atoms with Crippen LogP contribution in [0.15, 0.2) is 12.4 Å². The van der Waals surface area contributed by atoms with E-state index in [9.17, 15) is 14.9 Å². The molecule has 0 spiro atoms. The average molecular weight is 388 g/mol. The Kier molecular flexibility index (Phi) is 11.0. The summed E-state index contributed by atoms with van der Waals surface area (Å²) < 4.78 is 5.08. The van der Waals surface area contributed by atoms with Crippen LogP contribution < -0.4 is 0 Å². The van der Waals surface area contributed by atoms with Crippen LogP contribution in [0.2, 0.25) is 0 Å². The first-order valence-corrected chi connectivity index (χ1v) is 10.5. The molecule has 0 amide bonds. The Labute approximate surface area is 168 Å². The Bertz CT molecular complexity index is 652. The van der Waals surface area contributed by atoms with Crippen LogP contribution >= 0.6 is 0 Å². The second-order valence-electron chi connectivity index (χ2n) is 7.36. The van der Waals surface area contributed by atoms with Crippen molar-refractivity contribution in [2.45, 2.75) is 91.4 Å². The Morgan fingerprint density at radius 3 is 2.04 bits per heavy atom. The molecule has 6 nitrogen and oxygen atoms in total. The molecule has 1 heterocycles. The molecule has 0 aliphatic carbocycles. The van der Waals surface area contributed by atoms with Crippen molar-refractivity contribution in [2.24, 2.45) is 5.41 Å². The summed E-state index contributed by atoms with van der Waals surface area (Å²) in [7, 11) is 0. The number of aromatic nitrogens is 2. The Morgan fingerprint density at radius 1 is 0.964 bits per heavy atom. The van der Waals surface area contributed by atoms with Gasteiger partial charge in [-0.1, -0.05) is 71.6 Å². The van der Waals surface area contributed by atoms with E-state index in [1.807, 2.05) is 0 Å². The van der Waals surface area contributed by atoms with Crippen LogP contribution in [0.1, 0.15) is 101 Å². The van der Waals surface area contributed by atoms with Gasteiger partial charge in [0.1, 0.15) is 5.82 Å². The minimum atomic E-state index is -1.26. The van der Waals surface area contributed by atoms with Crippen LogP contribution in [0.25, 0.3) is 0 Å². The molecule has 0 N–H and O–H groups in total. The third kappa shape index (κ3) is 7.75. The van der Waals surface area contributed by atoms with Crippen molar-refractivity contribution >= 4 is 11.9 Å². The summed E-state index contributed by atoms with van der Waals surface area (Å²) in [6.45, 7) is 5.94. The van der Waals surface area contributed by atoms with Gasteiger partial charge in [0.25, 0.3) is 0 Å². The topological polar surface area (TPSA) is 92.9 Å². The van der Waals surface area contributed by atoms with Gasteiger partial charge in [0, 0.05) is 12.4 Å². The van der Waals surface area contributed by atoms with Crippen LogP contribution in [0.5, 0.6) is 0 Å². The monoisotopic (exact) mass is 387 g/mol. The second-order valence-corrected chi connectivity index (χ2v) is 7.36. The maximum absolute atomic E-state index is 12.8. The Hall–Kier alpha value is -2.29. The quantitative estimate of drug-likeness (QED) is 0.259. The molecular weight excluding hydrogens is 354 g/mol. The number of hydrogen-bond acceptors (Lipinski definition) is 6. The molecule has 0 aliphatic heterocycles. The molecule has 0 aromatic carbocycles. The molecule has 0 radical (unpaired) electrons. The number of esters is 2. The van der Waals surface area contributed by atoms with Gasteiger partial charge in [0.05, 0.1) is 11.6 Å². The zero-order valence-electron chi connectivity index (χ0n) is 17.5. The molecule has 1 rings (SSSR count). The first-order valence-electron chi connectivity index (χ1n) is 10.5. The third-order valence-corrected chi connectivity index (χ3v) is 4.97. The molecule has 1 atom stereocenters. The van der Waals surface area contributed by atoms with E-state index in [0.717, 1.165) is 38.5 Å². The fraction of sp³-hybridized carbons (Fsp3) is 0.682. The second kappa shape index (κ2) is 13.0. The largest absolute Gasteiger partial charge is 0.388 e. The van der Waals surface area contributed by atoms with E-state index >= 15 is 0 Å². The molecule has 28 heavy (non-hydrogen) atoms. The van der Waals surface area contributed by atoms with Crippen molar-refractivity contribution in [2.75, 3.05) is 0 Å². The molecule has 6 heteroatoms. The van der Waals surface area contributed by atoms with Crippen molar-refractivity contribution in [3.8, 4) is 6.07 Å². The van der Waals surface area contributed by atoms with Gasteiger partial charge in [-0.2, -0.15) is 5.26 Å². The summed E-state index contributed by atoms with van der Waals surface area (Å²) in [5.74, 6) is -1.02. The summed E-state index contributed by atoms with van der Waals surface area (Å²) in [5, 5.41) is 9.82. The lowest BCUT2D eigenvalue weighted by atomic mass is 9.79. The highest BCUT2D eigenvalue weighted by Gasteiger charge is 2.40. The Balaban J connectivity index is 2.77. The van der Waals surface area contributed by atoms with Crippen LogP contribution in [-0.4, -0.2) is 21.9 Å². The smallest absolute Gasteiger partial charge is 0.348 e. The van der Waals surface area contributed by atoms with Gasteiger partial charge in [-0.15, -0.1) is 0 Å². The van der Waals surface area contributed by atoms with E-state index < -0.39 is 17.4 Å². The number of carbonyl (C=O) groups excluding carboxylic acids is 2. The number of aryl methyl sites for hydroxylation is 1. The van der Waals surface area contributed by atoms with Gasteiger partial charge >= 0.3 is 11.9 Å². The minimum Gasteiger partial charge on any atom is -0.388 e. The molecule has 154 valence electrons. The van der Waals surface area contributed by atoms with Gasteiger partial charge in [0.2, 0.25) is 0 Å². The van der Waals surface area contributed by atoms with E-state index in [-0.39, 0.29) is 5.56 Å². The summed E-state index contributed by atoms with van der Waals surface area (Å²) in [6.07, 6.45) is 12.6. The van der Waals surface area contributed by atoms with Gasteiger partial charge < -0.3 is 4.74 Å². The summed E-state index contributed by atoms with van der Waals surface area (Å²) in [6, 6.07) is 2.18. The van der Waals surface area contributed by atoms with Crippen LogP contribution in [0, 0.1) is 23.7 Å². The van der Waals surface area contributed by atoms with Gasteiger partial charge in [0.15, 0.2) is 5.41 Å². The zero-order chi connectivity index (χ0) is 20.8. The predicted octanol–water partition coefficient (Wildman–Crippen LogP) is 5.31. The van der Waals surface area contributed by atoms with E-state index in [1.165, 1.54) is 31.7 Å². The molecule has 0 bridgehead atoms. The van der Waals surface area contributed by atoms with Gasteiger partial charge in [-0.05, 0) is 19.8 Å². The average Bonchev–Trinajstić information content (AvgIpc) is 2.69. The standard InChI is InChI=1S/C22H33N3O3/c1-4-6-8-9-10-12-14-22(17-23,13-11-7-5-2)21(27)28-20(26)19-15-24-18(3)25-16-19/h15-16H,4-14H2,1-3H3. The number of hydrogen-bond donors (Lipinski definition) is 0. The maximum Gasteiger partial charge on any atom is 0.348 e. The highest BCUT2D eigenvalue weighted by molar-refractivity contribution is 5.98. The number of nitrogens with zero attached hydrogens (tertiary/aromatic N) is 3. The number of carbonyl (C=O) groups is 2. The highest BCUT2D eigenvalue weighted by atomic mass is 16.6. The predicted molar refractivity (Wildman–Crippen MR) is 107 cm³/mol. The van der Waals surface area contributed by atoms with Gasteiger partial charge in [-0.25, -0.2) is 19.6 Å².